The van der Waals surface area contributed by atoms with Crippen LogP contribution in [0.4, 0.5) is 0 Å². The predicted molar refractivity (Wildman–Crippen MR) is 87.8 cm³/mol. The highest BCUT2D eigenvalue weighted by Gasteiger charge is 2.29. The molecule has 0 saturated carbocycles. The van der Waals surface area contributed by atoms with Gasteiger partial charge < -0.3 is 9.64 Å². The SMILES string of the molecule is COc1ccc([C@@H]2N=C(SC)N(C)C(C)=C2C(C)=O)cc1. The number of benzene rings is 1. The average molecular weight is 304 g/mol. The van der Waals surface area contributed by atoms with Gasteiger partial charge in [-0.25, -0.2) is 4.99 Å². The van der Waals surface area contributed by atoms with E-state index in [1.54, 1.807) is 25.8 Å². The van der Waals surface area contributed by atoms with Crippen LogP contribution in [0.15, 0.2) is 40.5 Å². The minimum absolute atomic E-state index is 0.0593. The summed E-state index contributed by atoms with van der Waals surface area (Å²) in [6, 6.07) is 7.48. The Morgan fingerprint density at radius 1 is 1.33 bits per heavy atom. The van der Waals surface area contributed by atoms with E-state index in [-0.39, 0.29) is 11.8 Å². The first-order chi connectivity index (χ1) is 9.99. The number of hydrogen-bond donors (Lipinski definition) is 0. The number of hydrogen-bond acceptors (Lipinski definition) is 5. The van der Waals surface area contributed by atoms with Gasteiger partial charge in [-0.1, -0.05) is 23.9 Å². The van der Waals surface area contributed by atoms with Crippen molar-refractivity contribution < 1.29 is 9.53 Å². The van der Waals surface area contributed by atoms with Gasteiger partial charge in [-0.2, -0.15) is 0 Å². The average Bonchev–Trinajstić information content (AvgIpc) is 2.49. The number of methoxy groups -OCH3 is 1. The van der Waals surface area contributed by atoms with Crippen molar-refractivity contribution >= 4 is 22.7 Å². The summed E-state index contributed by atoms with van der Waals surface area (Å²) in [5.41, 5.74) is 2.71. The maximum atomic E-state index is 12.1. The Hall–Kier alpha value is -1.75. The number of amidine groups is 1. The number of nitrogens with zero attached hydrogens (tertiary/aromatic N) is 2. The van der Waals surface area contributed by atoms with Gasteiger partial charge in [0.05, 0.1) is 7.11 Å². The molecule has 21 heavy (non-hydrogen) atoms. The molecule has 0 bridgehead atoms. The number of carbonyl (C=O) groups is 1. The number of allylic oxidation sites excluding steroid dienone is 1. The fourth-order valence-electron chi connectivity index (χ4n) is 2.45. The largest absolute Gasteiger partial charge is 0.497 e. The van der Waals surface area contributed by atoms with Gasteiger partial charge in [0, 0.05) is 18.3 Å². The summed E-state index contributed by atoms with van der Waals surface area (Å²) in [6.45, 7) is 3.57. The predicted octanol–water partition coefficient (Wildman–Crippen LogP) is 3.26. The zero-order valence-corrected chi connectivity index (χ0v) is 13.8. The van der Waals surface area contributed by atoms with Crippen molar-refractivity contribution in [1.82, 2.24) is 4.90 Å². The number of Topliss-reactive ketones (excluding diaryl/α,β-unsaturated/α-hetero) is 1. The zero-order valence-electron chi connectivity index (χ0n) is 13.0. The molecule has 1 aromatic rings. The second-order valence-electron chi connectivity index (χ2n) is 4.91. The minimum Gasteiger partial charge on any atom is -0.497 e. The van der Waals surface area contributed by atoms with E-state index in [0.717, 1.165) is 27.8 Å². The van der Waals surface area contributed by atoms with Gasteiger partial charge in [0.25, 0.3) is 0 Å². The Morgan fingerprint density at radius 3 is 2.43 bits per heavy atom. The first-order valence-electron chi connectivity index (χ1n) is 6.70. The van der Waals surface area contributed by atoms with E-state index in [2.05, 4.69) is 0 Å². The lowest BCUT2D eigenvalue weighted by Crippen LogP contribution is -2.31. The molecule has 112 valence electrons. The van der Waals surface area contributed by atoms with Gasteiger partial charge in [0.2, 0.25) is 0 Å². The maximum absolute atomic E-state index is 12.1. The molecular formula is C16H20N2O2S. The lowest BCUT2D eigenvalue weighted by Gasteiger charge is -2.31. The minimum atomic E-state index is -0.243. The van der Waals surface area contributed by atoms with Crippen LogP contribution in [0.5, 0.6) is 5.75 Å². The van der Waals surface area contributed by atoms with Crippen molar-refractivity contribution in [3.05, 3.63) is 41.1 Å². The topological polar surface area (TPSA) is 41.9 Å². The van der Waals surface area contributed by atoms with Crippen LogP contribution >= 0.6 is 11.8 Å². The number of carbonyl (C=O) groups excluding carboxylic acids is 1. The molecule has 1 heterocycles. The summed E-state index contributed by atoms with van der Waals surface area (Å²) < 4.78 is 5.18. The molecule has 1 atom stereocenters. The van der Waals surface area contributed by atoms with Gasteiger partial charge in [0.15, 0.2) is 11.0 Å². The van der Waals surface area contributed by atoms with E-state index in [4.69, 9.17) is 9.73 Å². The first-order valence-corrected chi connectivity index (χ1v) is 7.93. The number of thioether (sulfide) groups is 1. The second kappa shape index (κ2) is 6.35. The number of rotatable bonds is 3. The van der Waals surface area contributed by atoms with Crippen molar-refractivity contribution in [2.45, 2.75) is 19.9 Å². The summed E-state index contributed by atoms with van der Waals surface area (Å²) in [5, 5.41) is 0.915. The van der Waals surface area contributed by atoms with E-state index < -0.39 is 0 Å². The van der Waals surface area contributed by atoms with Crippen LogP contribution in [-0.2, 0) is 4.79 Å². The Kier molecular flexibility index (Phi) is 4.73. The summed E-state index contributed by atoms with van der Waals surface area (Å²) >= 11 is 1.58. The van der Waals surface area contributed by atoms with Crippen LogP contribution in [0.2, 0.25) is 0 Å². The molecule has 0 radical (unpaired) electrons. The van der Waals surface area contributed by atoms with Crippen molar-refractivity contribution in [3.63, 3.8) is 0 Å². The summed E-state index contributed by atoms with van der Waals surface area (Å²) in [7, 11) is 3.58. The molecule has 4 nitrogen and oxygen atoms in total. The molecule has 0 spiro atoms. The Balaban J connectivity index is 2.50. The van der Waals surface area contributed by atoms with E-state index in [9.17, 15) is 4.79 Å². The van der Waals surface area contributed by atoms with Crippen LogP contribution in [0.3, 0.4) is 0 Å². The van der Waals surface area contributed by atoms with Gasteiger partial charge >= 0.3 is 0 Å². The molecule has 0 aliphatic carbocycles. The van der Waals surface area contributed by atoms with Crippen LogP contribution in [0, 0.1) is 0 Å². The second-order valence-corrected chi connectivity index (χ2v) is 5.68. The number of ketones is 1. The quantitative estimate of drug-likeness (QED) is 0.859. The highest BCUT2D eigenvalue weighted by Crippen LogP contribution is 2.35. The fraction of sp³-hybridized carbons (Fsp3) is 0.375. The van der Waals surface area contributed by atoms with E-state index in [1.165, 1.54) is 0 Å². The monoisotopic (exact) mass is 304 g/mol. The normalized spacial score (nSPS) is 18.6. The molecule has 0 aromatic heterocycles. The molecular weight excluding hydrogens is 284 g/mol. The maximum Gasteiger partial charge on any atom is 0.163 e. The van der Waals surface area contributed by atoms with Gasteiger partial charge in [-0.3, -0.25) is 4.79 Å². The molecule has 0 fully saturated rings. The van der Waals surface area contributed by atoms with E-state index >= 15 is 0 Å². The van der Waals surface area contributed by atoms with Crippen LogP contribution < -0.4 is 4.74 Å². The highest BCUT2D eigenvalue weighted by atomic mass is 32.2. The Morgan fingerprint density at radius 2 is 1.95 bits per heavy atom. The molecule has 0 saturated heterocycles. The van der Waals surface area contributed by atoms with E-state index in [0.29, 0.717) is 0 Å². The molecule has 0 N–H and O–H groups in total. The van der Waals surface area contributed by atoms with E-state index in [1.807, 2.05) is 49.4 Å². The van der Waals surface area contributed by atoms with Crippen LogP contribution in [0.1, 0.15) is 25.5 Å². The number of ether oxygens (including phenoxy) is 1. The number of aliphatic imine (C=N–C) groups is 1. The van der Waals surface area contributed by atoms with Gasteiger partial charge in [-0.05, 0) is 37.8 Å². The smallest absolute Gasteiger partial charge is 0.163 e. The van der Waals surface area contributed by atoms with Crippen molar-refractivity contribution in [2.75, 3.05) is 20.4 Å². The Bertz CT molecular complexity index is 605. The van der Waals surface area contributed by atoms with Crippen molar-refractivity contribution in [3.8, 4) is 5.75 Å². The lowest BCUT2D eigenvalue weighted by atomic mass is 9.93. The van der Waals surface area contributed by atoms with Crippen molar-refractivity contribution in [1.29, 1.82) is 0 Å². The van der Waals surface area contributed by atoms with Crippen LogP contribution in [0.25, 0.3) is 0 Å². The molecule has 0 unspecified atom stereocenters. The third-order valence-corrected chi connectivity index (χ3v) is 4.43. The third kappa shape index (κ3) is 2.97. The lowest BCUT2D eigenvalue weighted by molar-refractivity contribution is -0.114. The molecule has 1 aromatic carbocycles. The third-order valence-electron chi connectivity index (χ3n) is 3.69. The highest BCUT2D eigenvalue weighted by molar-refractivity contribution is 8.13. The van der Waals surface area contributed by atoms with Gasteiger partial charge in [0.1, 0.15) is 11.8 Å². The van der Waals surface area contributed by atoms with Gasteiger partial charge in [-0.15, -0.1) is 0 Å². The molecule has 5 heteroatoms. The Labute approximate surface area is 129 Å². The summed E-state index contributed by atoms with van der Waals surface area (Å²) in [6.07, 6.45) is 1.99. The molecule has 0 amide bonds. The first kappa shape index (κ1) is 15.6. The van der Waals surface area contributed by atoms with Crippen LogP contribution in [-0.4, -0.2) is 36.3 Å². The summed E-state index contributed by atoms with van der Waals surface area (Å²) in [4.78, 5) is 18.8. The summed E-state index contributed by atoms with van der Waals surface area (Å²) in [5.74, 6) is 0.856. The molecule has 2 rings (SSSR count). The standard InChI is InChI=1S/C16H20N2O2S/c1-10-14(11(2)19)15(17-16(21-5)18(10)3)12-6-8-13(20-4)9-7-12/h6-9,15H,1-5H3/t15-/m0/s1. The molecule has 1 aliphatic rings. The van der Waals surface area contributed by atoms with Crippen molar-refractivity contribution in [2.24, 2.45) is 4.99 Å². The zero-order chi connectivity index (χ0) is 15.6. The molecule has 1 aliphatic heterocycles. The fourth-order valence-corrected chi connectivity index (χ4v) is 3.07.